The molecule has 0 saturated carbocycles. The van der Waals surface area contributed by atoms with Gasteiger partial charge in [-0.3, -0.25) is 0 Å². The number of nitriles is 1. The third kappa shape index (κ3) is 3.33. The predicted octanol–water partition coefficient (Wildman–Crippen LogP) is 3.05. The summed E-state index contributed by atoms with van der Waals surface area (Å²) in [7, 11) is 0. The number of aromatic nitrogens is 3. The summed E-state index contributed by atoms with van der Waals surface area (Å²) < 4.78 is 1.79. The highest BCUT2D eigenvalue weighted by molar-refractivity contribution is 6.30. The molecule has 0 spiro atoms. The normalized spacial score (nSPS) is 10.7. The average molecular weight is 275 g/mol. The molecule has 2 rings (SSSR count). The Morgan fingerprint density at radius 2 is 2.00 bits per heavy atom. The predicted molar refractivity (Wildman–Crippen MR) is 73.8 cm³/mol. The molecule has 0 bridgehead atoms. The van der Waals surface area contributed by atoms with Crippen molar-refractivity contribution in [2.24, 2.45) is 5.92 Å². The quantitative estimate of drug-likeness (QED) is 0.861. The summed E-state index contributed by atoms with van der Waals surface area (Å²) in [5.41, 5.74) is 2.40. The third-order valence-electron chi connectivity index (χ3n) is 2.79. The largest absolute Gasteiger partial charge is 0.244 e. The SMILES string of the molecule is CC(C)Cc1c(C#N)nnn1Cc1ccc(Cl)cc1. The number of hydrogen-bond acceptors (Lipinski definition) is 3. The Balaban J connectivity index is 2.27. The first-order valence-electron chi connectivity index (χ1n) is 6.17. The van der Waals surface area contributed by atoms with Crippen molar-refractivity contribution in [2.45, 2.75) is 26.8 Å². The van der Waals surface area contributed by atoms with E-state index in [-0.39, 0.29) is 0 Å². The van der Waals surface area contributed by atoms with Crippen molar-refractivity contribution in [2.75, 3.05) is 0 Å². The third-order valence-corrected chi connectivity index (χ3v) is 3.04. The molecule has 19 heavy (non-hydrogen) atoms. The summed E-state index contributed by atoms with van der Waals surface area (Å²) in [6, 6.07) is 9.70. The van der Waals surface area contributed by atoms with E-state index in [0.29, 0.717) is 23.2 Å². The number of hydrogen-bond donors (Lipinski definition) is 0. The van der Waals surface area contributed by atoms with Gasteiger partial charge in [-0.2, -0.15) is 5.26 Å². The monoisotopic (exact) mass is 274 g/mol. The molecule has 1 aromatic heterocycles. The van der Waals surface area contributed by atoms with Gasteiger partial charge in [-0.05, 0) is 30.0 Å². The van der Waals surface area contributed by atoms with Gasteiger partial charge in [0.05, 0.1) is 12.2 Å². The number of halogens is 1. The first kappa shape index (κ1) is 13.6. The first-order chi connectivity index (χ1) is 9.10. The van der Waals surface area contributed by atoms with Crippen LogP contribution in [-0.4, -0.2) is 15.0 Å². The molecule has 1 aromatic carbocycles. The maximum absolute atomic E-state index is 9.06. The van der Waals surface area contributed by atoms with Gasteiger partial charge in [-0.15, -0.1) is 5.10 Å². The van der Waals surface area contributed by atoms with E-state index in [1.807, 2.05) is 24.3 Å². The molecule has 0 atom stereocenters. The smallest absolute Gasteiger partial charge is 0.185 e. The molecule has 0 N–H and O–H groups in total. The van der Waals surface area contributed by atoms with Crippen LogP contribution in [0.15, 0.2) is 24.3 Å². The van der Waals surface area contributed by atoms with Crippen molar-refractivity contribution >= 4 is 11.6 Å². The molecule has 1 heterocycles. The molecule has 0 aliphatic carbocycles. The molecule has 98 valence electrons. The average Bonchev–Trinajstić information content (AvgIpc) is 2.74. The molecule has 2 aromatic rings. The van der Waals surface area contributed by atoms with Gasteiger partial charge in [0.25, 0.3) is 0 Å². The molecule has 0 aliphatic rings. The topological polar surface area (TPSA) is 54.5 Å². The lowest BCUT2D eigenvalue weighted by atomic mass is 10.1. The van der Waals surface area contributed by atoms with Gasteiger partial charge in [0.15, 0.2) is 5.69 Å². The Hall–Kier alpha value is -1.86. The summed E-state index contributed by atoms with van der Waals surface area (Å²) >= 11 is 5.86. The van der Waals surface area contributed by atoms with E-state index < -0.39 is 0 Å². The molecule has 0 amide bonds. The highest BCUT2D eigenvalue weighted by Gasteiger charge is 2.14. The Kier molecular flexibility index (Phi) is 4.18. The van der Waals surface area contributed by atoms with Gasteiger partial charge in [0.2, 0.25) is 0 Å². The Morgan fingerprint density at radius 1 is 1.32 bits per heavy atom. The fraction of sp³-hybridized carbons (Fsp3) is 0.357. The minimum Gasteiger partial charge on any atom is -0.244 e. The van der Waals surface area contributed by atoms with Crippen molar-refractivity contribution in [3.05, 3.63) is 46.2 Å². The van der Waals surface area contributed by atoms with Crippen LogP contribution in [0, 0.1) is 17.2 Å². The van der Waals surface area contributed by atoms with Crippen molar-refractivity contribution < 1.29 is 0 Å². The van der Waals surface area contributed by atoms with Crippen LogP contribution in [0.2, 0.25) is 5.02 Å². The zero-order valence-corrected chi connectivity index (χ0v) is 11.7. The van der Waals surface area contributed by atoms with Crippen molar-refractivity contribution in [3.8, 4) is 6.07 Å². The fourth-order valence-electron chi connectivity index (χ4n) is 1.90. The lowest BCUT2D eigenvalue weighted by molar-refractivity contribution is 0.564. The van der Waals surface area contributed by atoms with Gasteiger partial charge in [-0.1, -0.05) is 42.8 Å². The summed E-state index contributed by atoms with van der Waals surface area (Å²) in [5, 5.41) is 17.8. The van der Waals surface area contributed by atoms with Crippen LogP contribution in [0.1, 0.15) is 30.8 Å². The van der Waals surface area contributed by atoms with E-state index in [2.05, 4.69) is 30.2 Å². The summed E-state index contributed by atoms with van der Waals surface area (Å²) in [5.74, 6) is 0.453. The van der Waals surface area contributed by atoms with Crippen LogP contribution < -0.4 is 0 Å². The highest BCUT2D eigenvalue weighted by Crippen LogP contribution is 2.15. The van der Waals surface area contributed by atoms with Crippen molar-refractivity contribution in [3.63, 3.8) is 0 Å². The van der Waals surface area contributed by atoms with E-state index >= 15 is 0 Å². The van der Waals surface area contributed by atoms with E-state index in [9.17, 15) is 0 Å². The number of nitrogens with zero attached hydrogens (tertiary/aromatic N) is 4. The lowest BCUT2D eigenvalue weighted by Gasteiger charge is -2.08. The van der Waals surface area contributed by atoms with Crippen LogP contribution in [0.3, 0.4) is 0 Å². The zero-order valence-electron chi connectivity index (χ0n) is 11.0. The second kappa shape index (κ2) is 5.85. The highest BCUT2D eigenvalue weighted by atomic mass is 35.5. The Morgan fingerprint density at radius 3 is 2.58 bits per heavy atom. The van der Waals surface area contributed by atoms with Crippen LogP contribution in [0.4, 0.5) is 0 Å². The second-order valence-electron chi connectivity index (χ2n) is 4.88. The molecular weight excluding hydrogens is 260 g/mol. The van der Waals surface area contributed by atoms with Crippen LogP contribution in [0.5, 0.6) is 0 Å². The minimum absolute atomic E-state index is 0.419. The molecule has 0 radical (unpaired) electrons. The van der Waals surface area contributed by atoms with Gasteiger partial charge < -0.3 is 0 Å². The van der Waals surface area contributed by atoms with Crippen molar-refractivity contribution in [1.82, 2.24) is 15.0 Å². The van der Waals surface area contributed by atoms with E-state index in [1.54, 1.807) is 4.68 Å². The van der Waals surface area contributed by atoms with Crippen LogP contribution >= 0.6 is 11.6 Å². The summed E-state index contributed by atoms with van der Waals surface area (Å²) in [6.07, 6.45) is 0.795. The summed E-state index contributed by atoms with van der Waals surface area (Å²) in [6.45, 7) is 4.83. The van der Waals surface area contributed by atoms with E-state index in [4.69, 9.17) is 16.9 Å². The van der Waals surface area contributed by atoms with Gasteiger partial charge in [0, 0.05) is 5.02 Å². The van der Waals surface area contributed by atoms with Gasteiger partial charge >= 0.3 is 0 Å². The fourth-order valence-corrected chi connectivity index (χ4v) is 2.02. The van der Waals surface area contributed by atoms with Crippen LogP contribution in [0.25, 0.3) is 0 Å². The molecule has 0 saturated heterocycles. The zero-order chi connectivity index (χ0) is 13.8. The molecule has 0 aliphatic heterocycles. The molecule has 0 unspecified atom stereocenters. The van der Waals surface area contributed by atoms with Crippen molar-refractivity contribution in [1.29, 1.82) is 5.26 Å². The Labute approximate surface area is 117 Å². The maximum Gasteiger partial charge on any atom is 0.185 e. The van der Waals surface area contributed by atoms with Gasteiger partial charge in [0.1, 0.15) is 6.07 Å². The van der Waals surface area contributed by atoms with E-state index in [1.165, 1.54) is 0 Å². The number of rotatable bonds is 4. The molecule has 4 nitrogen and oxygen atoms in total. The molecule has 0 fully saturated rings. The lowest BCUT2D eigenvalue weighted by Crippen LogP contribution is -2.09. The standard InChI is InChI=1S/C14H15ClN4/c1-10(2)7-14-13(8-16)17-18-19(14)9-11-3-5-12(15)6-4-11/h3-6,10H,7,9H2,1-2H3. The minimum atomic E-state index is 0.419. The van der Waals surface area contributed by atoms with E-state index in [0.717, 1.165) is 17.7 Å². The summed E-state index contributed by atoms with van der Waals surface area (Å²) in [4.78, 5) is 0. The van der Waals surface area contributed by atoms with Gasteiger partial charge in [-0.25, -0.2) is 4.68 Å². The number of benzene rings is 1. The first-order valence-corrected chi connectivity index (χ1v) is 6.55. The van der Waals surface area contributed by atoms with Crippen LogP contribution in [-0.2, 0) is 13.0 Å². The second-order valence-corrected chi connectivity index (χ2v) is 5.32. The molecule has 5 heteroatoms. The Bertz CT molecular complexity index is 593. The molecular formula is C14H15ClN4. The maximum atomic E-state index is 9.06.